The van der Waals surface area contributed by atoms with Gasteiger partial charge < -0.3 is 4.74 Å². The van der Waals surface area contributed by atoms with Crippen LogP contribution in [0.3, 0.4) is 0 Å². The van der Waals surface area contributed by atoms with Crippen molar-refractivity contribution in [3.63, 3.8) is 0 Å². The van der Waals surface area contributed by atoms with E-state index in [2.05, 4.69) is 11.1 Å². The molecule has 0 bridgehead atoms. The first kappa shape index (κ1) is 16.4. The summed E-state index contributed by atoms with van der Waals surface area (Å²) in [4.78, 5) is 4.48. The molecule has 1 heterocycles. The lowest BCUT2D eigenvalue weighted by molar-refractivity contribution is 0.415. The minimum atomic E-state index is 0.333. The number of benzene rings is 2. The molecule has 0 saturated heterocycles. The zero-order valence-electron chi connectivity index (χ0n) is 12.9. The molecule has 3 aromatic rings. The molecule has 6 heteroatoms. The molecule has 0 aliphatic carbocycles. The number of thioether (sulfide) groups is 1. The monoisotopic (exact) mass is 355 g/mol. The van der Waals surface area contributed by atoms with Gasteiger partial charge in [0.1, 0.15) is 5.75 Å². The first-order valence-corrected chi connectivity index (χ1v) is 8.57. The molecule has 24 heavy (non-hydrogen) atoms. The van der Waals surface area contributed by atoms with Crippen molar-refractivity contribution in [2.24, 2.45) is 0 Å². The Hall–Kier alpha value is -2.42. The third-order valence-corrected chi connectivity index (χ3v) is 4.50. The minimum Gasteiger partial charge on any atom is -0.497 e. The number of aromatic nitrogens is 2. The molecule has 0 aliphatic rings. The van der Waals surface area contributed by atoms with E-state index in [0.717, 1.165) is 27.9 Å². The van der Waals surface area contributed by atoms with E-state index in [1.165, 1.54) is 11.8 Å². The number of imidazole rings is 1. The van der Waals surface area contributed by atoms with Crippen LogP contribution in [-0.4, -0.2) is 22.4 Å². The van der Waals surface area contributed by atoms with Crippen LogP contribution in [0.2, 0.25) is 5.02 Å². The van der Waals surface area contributed by atoms with E-state index in [1.54, 1.807) is 7.11 Å². The van der Waals surface area contributed by atoms with Crippen molar-refractivity contribution in [2.45, 2.75) is 5.16 Å². The first-order chi connectivity index (χ1) is 11.7. The Morgan fingerprint density at radius 1 is 1.25 bits per heavy atom. The summed E-state index contributed by atoms with van der Waals surface area (Å²) in [7, 11) is 1.64. The first-order valence-electron chi connectivity index (χ1n) is 7.21. The van der Waals surface area contributed by atoms with Crippen LogP contribution in [0.5, 0.6) is 5.75 Å². The molecule has 1 aromatic heterocycles. The largest absolute Gasteiger partial charge is 0.497 e. The summed E-state index contributed by atoms with van der Waals surface area (Å²) in [6, 6.07) is 17.5. The third kappa shape index (κ3) is 3.40. The van der Waals surface area contributed by atoms with Crippen LogP contribution in [0.25, 0.3) is 16.9 Å². The fraction of sp³-hybridized carbons (Fsp3) is 0.111. The SMILES string of the molecule is COc1ccc(-c2cnc(SCC#N)n2-c2cccc(Cl)c2)cc1. The van der Waals surface area contributed by atoms with Gasteiger partial charge >= 0.3 is 0 Å². The van der Waals surface area contributed by atoms with Crippen LogP contribution in [0.15, 0.2) is 59.9 Å². The van der Waals surface area contributed by atoms with Gasteiger partial charge in [-0.2, -0.15) is 5.26 Å². The van der Waals surface area contributed by atoms with Crippen molar-refractivity contribution in [1.82, 2.24) is 9.55 Å². The normalized spacial score (nSPS) is 10.4. The molecule has 0 unspecified atom stereocenters. The lowest BCUT2D eigenvalue weighted by atomic mass is 10.1. The summed E-state index contributed by atoms with van der Waals surface area (Å²) >= 11 is 7.54. The van der Waals surface area contributed by atoms with Gasteiger partial charge in [-0.3, -0.25) is 4.57 Å². The van der Waals surface area contributed by atoms with Crippen molar-refractivity contribution in [1.29, 1.82) is 5.26 Å². The number of nitriles is 1. The average Bonchev–Trinajstić information content (AvgIpc) is 3.04. The number of rotatable bonds is 5. The number of hydrogen-bond donors (Lipinski definition) is 0. The van der Waals surface area contributed by atoms with Crippen LogP contribution in [0.4, 0.5) is 0 Å². The zero-order valence-corrected chi connectivity index (χ0v) is 14.5. The molecule has 0 atom stereocenters. The van der Waals surface area contributed by atoms with Crippen LogP contribution in [0.1, 0.15) is 0 Å². The van der Waals surface area contributed by atoms with E-state index in [4.69, 9.17) is 21.6 Å². The van der Waals surface area contributed by atoms with Gasteiger partial charge in [-0.15, -0.1) is 0 Å². The molecule has 0 aliphatic heterocycles. The van der Waals surface area contributed by atoms with Gasteiger partial charge in [0, 0.05) is 16.3 Å². The highest BCUT2D eigenvalue weighted by Gasteiger charge is 2.14. The lowest BCUT2D eigenvalue weighted by Crippen LogP contribution is -1.99. The molecule has 0 saturated carbocycles. The second-order valence-corrected chi connectivity index (χ2v) is 6.30. The van der Waals surface area contributed by atoms with E-state index in [9.17, 15) is 0 Å². The Kier molecular flexibility index (Phi) is 5.09. The summed E-state index contributed by atoms with van der Waals surface area (Å²) in [6.45, 7) is 0. The maximum Gasteiger partial charge on any atom is 0.174 e. The van der Waals surface area contributed by atoms with Crippen LogP contribution in [0, 0.1) is 11.3 Å². The molecule has 0 amide bonds. The minimum absolute atomic E-state index is 0.333. The highest BCUT2D eigenvalue weighted by atomic mass is 35.5. The Labute approximate surface area is 149 Å². The lowest BCUT2D eigenvalue weighted by Gasteiger charge is -2.12. The van der Waals surface area contributed by atoms with E-state index >= 15 is 0 Å². The number of hydrogen-bond acceptors (Lipinski definition) is 4. The van der Waals surface area contributed by atoms with Gasteiger partial charge in [0.05, 0.1) is 30.8 Å². The van der Waals surface area contributed by atoms with Crippen LogP contribution in [-0.2, 0) is 0 Å². The van der Waals surface area contributed by atoms with Crippen molar-refractivity contribution in [2.75, 3.05) is 12.9 Å². The van der Waals surface area contributed by atoms with Crippen molar-refractivity contribution in [3.8, 4) is 28.8 Å². The quantitative estimate of drug-likeness (QED) is 0.616. The standard InChI is InChI=1S/C18H14ClN3OS/c1-23-16-7-5-13(6-8-16)17-12-21-18(24-10-9-20)22(17)15-4-2-3-14(19)11-15/h2-8,11-12H,10H2,1H3. The summed E-state index contributed by atoms with van der Waals surface area (Å²) in [5.74, 6) is 1.13. The van der Waals surface area contributed by atoms with Gasteiger partial charge in [-0.25, -0.2) is 4.98 Å². The Morgan fingerprint density at radius 3 is 2.71 bits per heavy atom. The Bertz CT molecular complexity index is 884. The molecule has 120 valence electrons. The fourth-order valence-corrected chi connectivity index (χ4v) is 3.20. The molecular formula is C18H14ClN3OS. The molecule has 0 spiro atoms. The van der Waals surface area contributed by atoms with Crippen molar-refractivity contribution < 1.29 is 4.74 Å². The number of ether oxygens (including phenoxy) is 1. The summed E-state index contributed by atoms with van der Waals surface area (Å²) in [6.07, 6.45) is 1.81. The highest BCUT2D eigenvalue weighted by Crippen LogP contribution is 2.31. The number of nitrogens with zero attached hydrogens (tertiary/aromatic N) is 3. The van der Waals surface area contributed by atoms with Gasteiger partial charge in [0.25, 0.3) is 0 Å². The van der Waals surface area contributed by atoms with E-state index < -0.39 is 0 Å². The summed E-state index contributed by atoms with van der Waals surface area (Å²) in [5.41, 5.74) is 2.85. The van der Waals surface area contributed by atoms with E-state index in [0.29, 0.717) is 10.8 Å². The van der Waals surface area contributed by atoms with Gasteiger partial charge in [-0.05, 0) is 42.5 Å². The van der Waals surface area contributed by atoms with Gasteiger partial charge in [0.2, 0.25) is 0 Å². The smallest absolute Gasteiger partial charge is 0.174 e. The summed E-state index contributed by atoms with van der Waals surface area (Å²) < 4.78 is 7.22. The van der Waals surface area contributed by atoms with Gasteiger partial charge in [-0.1, -0.05) is 29.4 Å². The van der Waals surface area contributed by atoms with Crippen LogP contribution < -0.4 is 4.74 Å². The second-order valence-electron chi connectivity index (χ2n) is 4.92. The second kappa shape index (κ2) is 7.43. The Morgan fingerprint density at radius 2 is 2.04 bits per heavy atom. The van der Waals surface area contributed by atoms with Gasteiger partial charge in [0.15, 0.2) is 5.16 Å². The topological polar surface area (TPSA) is 50.8 Å². The summed E-state index contributed by atoms with van der Waals surface area (Å²) in [5, 5.41) is 10.3. The van der Waals surface area contributed by atoms with E-state index in [-0.39, 0.29) is 0 Å². The predicted molar refractivity (Wildman–Crippen MR) is 96.9 cm³/mol. The maximum atomic E-state index is 8.87. The molecule has 0 radical (unpaired) electrons. The zero-order chi connectivity index (χ0) is 16.9. The van der Waals surface area contributed by atoms with E-state index in [1.807, 2.05) is 59.3 Å². The van der Waals surface area contributed by atoms with Crippen molar-refractivity contribution in [3.05, 3.63) is 59.8 Å². The molecule has 0 fully saturated rings. The van der Waals surface area contributed by atoms with Crippen molar-refractivity contribution >= 4 is 23.4 Å². The molecule has 0 N–H and O–H groups in total. The maximum absolute atomic E-state index is 8.87. The highest BCUT2D eigenvalue weighted by molar-refractivity contribution is 7.99. The third-order valence-electron chi connectivity index (χ3n) is 3.45. The Balaban J connectivity index is 2.12. The molecule has 2 aromatic carbocycles. The van der Waals surface area contributed by atoms with Crippen LogP contribution >= 0.6 is 23.4 Å². The molecular weight excluding hydrogens is 342 g/mol. The average molecular weight is 356 g/mol. The molecule has 3 rings (SSSR count). The molecule has 4 nitrogen and oxygen atoms in total. The number of methoxy groups -OCH3 is 1. The number of halogens is 1. The predicted octanol–water partition coefficient (Wildman–Crippen LogP) is 4.82. The fourth-order valence-electron chi connectivity index (χ4n) is 2.36.